The molecule has 0 saturated carbocycles. The minimum atomic E-state index is -3.25. The number of benzene rings is 1. The summed E-state index contributed by atoms with van der Waals surface area (Å²) in [7, 11) is -3.25. The quantitative estimate of drug-likeness (QED) is 0.778. The Hall–Kier alpha value is -0.180. The molecular formula is C14H20INO3S. The van der Waals surface area contributed by atoms with Gasteiger partial charge in [-0.15, -0.1) is 0 Å². The van der Waals surface area contributed by atoms with E-state index in [4.69, 9.17) is 4.74 Å². The SMILES string of the molecule is CC(C)S(=O)(=O)NC1CCOCC1c1ccc(I)cc1. The third kappa shape index (κ3) is 3.93. The fraction of sp³-hybridized carbons (Fsp3) is 0.571. The third-order valence-corrected chi connectivity index (χ3v) is 6.18. The second-order valence-electron chi connectivity index (χ2n) is 5.34. The van der Waals surface area contributed by atoms with Crippen LogP contribution in [0, 0.1) is 3.57 Å². The molecule has 2 atom stereocenters. The van der Waals surface area contributed by atoms with Gasteiger partial charge in [0.1, 0.15) is 0 Å². The number of hydrogen-bond acceptors (Lipinski definition) is 3. The first-order chi connectivity index (χ1) is 9.40. The molecule has 0 radical (unpaired) electrons. The standard InChI is InChI=1S/C14H20INO3S/c1-10(2)20(17,18)16-14-7-8-19-9-13(14)11-3-5-12(15)6-4-11/h3-6,10,13-14,16H,7-9H2,1-2H3. The van der Waals surface area contributed by atoms with Gasteiger partial charge in [-0.05, 0) is 60.6 Å². The molecule has 1 heterocycles. The van der Waals surface area contributed by atoms with Gasteiger partial charge < -0.3 is 4.74 Å². The second kappa shape index (κ2) is 6.72. The lowest BCUT2D eigenvalue weighted by Crippen LogP contribution is -2.46. The Bertz CT molecular complexity index is 542. The zero-order valence-electron chi connectivity index (χ0n) is 11.7. The third-order valence-electron chi connectivity index (χ3n) is 3.59. The van der Waals surface area contributed by atoms with E-state index < -0.39 is 15.3 Å². The van der Waals surface area contributed by atoms with Crippen molar-refractivity contribution in [3.63, 3.8) is 0 Å². The highest BCUT2D eigenvalue weighted by Crippen LogP contribution is 2.27. The van der Waals surface area contributed by atoms with Gasteiger partial charge in [0.15, 0.2) is 0 Å². The molecule has 2 rings (SSSR count). The van der Waals surface area contributed by atoms with Crippen molar-refractivity contribution in [1.29, 1.82) is 0 Å². The largest absolute Gasteiger partial charge is 0.381 e. The van der Waals surface area contributed by atoms with Crippen LogP contribution in [0.5, 0.6) is 0 Å². The van der Waals surface area contributed by atoms with Crippen LogP contribution in [0.3, 0.4) is 0 Å². The topological polar surface area (TPSA) is 55.4 Å². The number of halogens is 1. The van der Waals surface area contributed by atoms with E-state index in [1.54, 1.807) is 13.8 Å². The summed E-state index contributed by atoms with van der Waals surface area (Å²) in [5, 5.41) is -0.414. The Labute approximate surface area is 134 Å². The fourth-order valence-electron chi connectivity index (χ4n) is 2.26. The van der Waals surface area contributed by atoms with E-state index in [9.17, 15) is 8.42 Å². The van der Waals surface area contributed by atoms with E-state index in [2.05, 4.69) is 39.4 Å². The van der Waals surface area contributed by atoms with E-state index in [0.29, 0.717) is 19.6 Å². The van der Waals surface area contributed by atoms with Gasteiger partial charge in [0.05, 0.1) is 11.9 Å². The molecule has 1 N–H and O–H groups in total. The highest BCUT2D eigenvalue weighted by molar-refractivity contribution is 14.1. The van der Waals surface area contributed by atoms with Crippen molar-refractivity contribution < 1.29 is 13.2 Å². The van der Waals surface area contributed by atoms with Gasteiger partial charge >= 0.3 is 0 Å². The fourth-order valence-corrected chi connectivity index (χ4v) is 3.60. The maximum atomic E-state index is 12.1. The van der Waals surface area contributed by atoms with Crippen molar-refractivity contribution in [3.05, 3.63) is 33.4 Å². The molecular weight excluding hydrogens is 389 g/mol. The first-order valence-electron chi connectivity index (χ1n) is 6.74. The zero-order chi connectivity index (χ0) is 14.8. The number of nitrogens with one attached hydrogen (secondary N) is 1. The molecule has 1 aliphatic rings. The first-order valence-corrected chi connectivity index (χ1v) is 9.37. The molecule has 1 aliphatic heterocycles. The highest BCUT2D eigenvalue weighted by Gasteiger charge is 2.31. The maximum Gasteiger partial charge on any atom is 0.214 e. The maximum absolute atomic E-state index is 12.1. The Kier molecular flexibility index (Phi) is 5.44. The molecule has 6 heteroatoms. The van der Waals surface area contributed by atoms with Crippen molar-refractivity contribution in [2.24, 2.45) is 0 Å². The number of sulfonamides is 1. The normalized spacial score (nSPS) is 24.0. The summed E-state index contributed by atoms with van der Waals surface area (Å²) in [4.78, 5) is 0. The molecule has 1 aromatic carbocycles. The van der Waals surface area contributed by atoms with Gasteiger partial charge in [0.2, 0.25) is 10.0 Å². The van der Waals surface area contributed by atoms with Gasteiger partial charge in [-0.3, -0.25) is 0 Å². The summed E-state index contributed by atoms with van der Waals surface area (Å²) in [6.45, 7) is 4.56. The second-order valence-corrected chi connectivity index (χ2v) is 8.85. The van der Waals surface area contributed by atoms with Crippen molar-refractivity contribution in [3.8, 4) is 0 Å². The number of rotatable bonds is 4. The lowest BCUT2D eigenvalue weighted by atomic mass is 9.89. The Morgan fingerprint density at radius 1 is 1.30 bits per heavy atom. The van der Waals surface area contributed by atoms with E-state index in [1.165, 1.54) is 3.57 Å². The number of hydrogen-bond donors (Lipinski definition) is 1. The molecule has 2 unspecified atom stereocenters. The van der Waals surface area contributed by atoms with E-state index in [-0.39, 0.29) is 12.0 Å². The predicted octanol–water partition coefficient (Wildman–Crippen LogP) is 2.49. The van der Waals surface area contributed by atoms with Crippen LogP contribution in [0.1, 0.15) is 31.7 Å². The molecule has 1 fully saturated rings. The molecule has 1 aromatic rings. The molecule has 0 bridgehead atoms. The van der Waals surface area contributed by atoms with E-state index in [1.807, 2.05) is 12.1 Å². The van der Waals surface area contributed by atoms with Crippen molar-refractivity contribution in [2.45, 2.75) is 37.5 Å². The van der Waals surface area contributed by atoms with E-state index in [0.717, 1.165) is 5.56 Å². The summed E-state index contributed by atoms with van der Waals surface area (Å²) in [6.07, 6.45) is 0.711. The van der Waals surface area contributed by atoms with Crippen molar-refractivity contribution >= 4 is 32.6 Å². The lowest BCUT2D eigenvalue weighted by molar-refractivity contribution is 0.0653. The average Bonchev–Trinajstić information content (AvgIpc) is 2.40. The van der Waals surface area contributed by atoms with Crippen LogP contribution in [0.4, 0.5) is 0 Å². The van der Waals surface area contributed by atoms with Crippen LogP contribution in [-0.4, -0.2) is 32.9 Å². The van der Waals surface area contributed by atoms with Crippen molar-refractivity contribution in [1.82, 2.24) is 4.72 Å². The van der Waals surface area contributed by atoms with Gasteiger partial charge in [0, 0.05) is 22.1 Å². The highest BCUT2D eigenvalue weighted by atomic mass is 127. The molecule has 20 heavy (non-hydrogen) atoms. The molecule has 112 valence electrons. The van der Waals surface area contributed by atoms with Crippen LogP contribution in [0.2, 0.25) is 0 Å². The van der Waals surface area contributed by atoms with Gasteiger partial charge in [-0.1, -0.05) is 12.1 Å². The smallest absolute Gasteiger partial charge is 0.214 e. The molecule has 4 nitrogen and oxygen atoms in total. The Morgan fingerprint density at radius 2 is 1.95 bits per heavy atom. The molecule has 1 saturated heterocycles. The lowest BCUT2D eigenvalue weighted by Gasteiger charge is -2.32. The summed E-state index contributed by atoms with van der Waals surface area (Å²) >= 11 is 2.26. The predicted molar refractivity (Wildman–Crippen MR) is 88.3 cm³/mol. The summed E-state index contributed by atoms with van der Waals surface area (Å²) in [5.41, 5.74) is 1.13. The average molecular weight is 409 g/mol. The minimum absolute atomic E-state index is 0.0780. The minimum Gasteiger partial charge on any atom is -0.381 e. The van der Waals surface area contributed by atoms with Crippen LogP contribution in [-0.2, 0) is 14.8 Å². The van der Waals surface area contributed by atoms with Gasteiger partial charge in [-0.25, -0.2) is 13.1 Å². The number of ether oxygens (including phenoxy) is 1. The monoisotopic (exact) mass is 409 g/mol. The van der Waals surface area contributed by atoms with Gasteiger partial charge in [0.25, 0.3) is 0 Å². The first kappa shape index (κ1) is 16.2. The molecule has 0 aliphatic carbocycles. The van der Waals surface area contributed by atoms with Gasteiger partial charge in [-0.2, -0.15) is 0 Å². The van der Waals surface area contributed by atoms with Crippen LogP contribution in [0.25, 0.3) is 0 Å². The van der Waals surface area contributed by atoms with Crippen LogP contribution in [0.15, 0.2) is 24.3 Å². The summed E-state index contributed by atoms with van der Waals surface area (Å²) < 4.78 is 33.7. The zero-order valence-corrected chi connectivity index (χ0v) is 14.6. The van der Waals surface area contributed by atoms with Crippen LogP contribution < -0.4 is 4.72 Å². The summed E-state index contributed by atoms with van der Waals surface area (Å²) in [5.74, 6) is 0.0780. The Balaban J connectivity index is 2.19. The molecule has 0 aromatic heterocycles. The summed E-state index contributed by atoms with van der Waals surface area (Å²) in [6, 6.07) is 8.10. The molecule has 0 spiro atoms. The Morgan fingerprint density at radius 3 is 2.55 bits per heavy atom. The van der Waals surface area contributed by atoms with Crippen LogP contribution >= 0.6 is 22.6 Å². The van der Waals surface area contributed by atoms with Crippen molar-refractivity contribution in [2.75, 3.05) is 13.2 Å². The van der Waals surface area contributed by atoms with E-state index >= 15 is 0 Å². The molecule has 0 amide bonds.